The third kappa shape index (κ3) is 3.70. The van der Waals surface area contributed by atoms with Crippen molar-refractivity contribution in [2.75, 3.05) is 19.7 Å². The lowest BCUT2D eigenvalue weighted by Crippen LogP contribution is -2.34. The maximum Gasteiger partial charge on any atom is 0.257 e. The van der Waals surface area contributed by atoms with Crippen LogP contribution in [0.15, 0.2) is 24.8 Å². The molecule has 1 aromatic rings. The number of aliphatic hydroxyl groups is 1. The summed E-state index contributed by atoms with van der Waals surface area (Å²) >= 11 is 11.5. The quantitative estimate of drug-likeness (QED) is 0.660. The molecule has 1 aromatic heterocycles. The van der Waals surface area contributed by atoms with Gasteiger partial charge in [-0.15, -0.1) is 6.58 Å². The molecule has 1 N–H and O–H groups in total. The largest absolute Gasteiger partial charge is 0.395 e. The molecule has 0 aliphatic carbocycles. The Morgan fingerprint density at radius 1 is 1.53 bits per heavy atom. The lowest BCUT2D eigenvalue weighted by Gasteiger charge is -2.20. The molecule has 0 bridgehead atoms. The molecule has 1 rings (SSSR count). The number of pyridine rings is 1. The van der Waals surface area contributed by atoms with Crippen molar-refractivity contribution in [1.29, 1.82) is 0 Å². The fourth-order valence-electron chi connectivity index (χ4n) is 1.29. The van der Waals surface area contributed by atoms with E-state index in [0.717, 1.165) is 0 Å². The van der Waals surface area contributed by atoms with Crippen molar-refractivity contribution < 1.29 is 9.90 Å². The second kappa shape index (κ2) is 6.59. The molecule has 0 aliphatic rings. The predicted molar refractivity (Wildman–Crippen MR) is 67.4 cm³/mol. The molecule has 0 saturated carbocycles. The van der Waals surface area contributed by atoms with E-state index in [9.17, 15) is 4.79 Å². The van der Waals surface area contributed by atoms with Crippen LogP contribution in [0.1, 0.15) is 10.4 Å². The number of hydrogen-bond acceptors (Lipinski definition) is 3. The van der Waals surface area contributed by atoms with Crippen LogP contribution in [-0.2, 0) is 0 Å². The Balaban J connectivity index is 2.96. The Morgan fingerprint density at radius 2 is 2.24 bits per heavy atom. The summed E-state index contributed by atoms with van der Waals surface area (Å²) in [6, 6.07) is 3.00. The number of aliphatic hydroxyl groups excluding tert-OH is 1. The number of amides is 1. The summed E-state index contributed by atoms with van der Waals surface area (Å²) in [5.41, 5.74) is 0.256. The van der Waals surface area contributed by atoms with Gasteiger partial charge >= 0.3 is 0 Å². The smallest absolute Gasteiger partial charge is 0.257 e. The van der Waals surface area contributed by atoms with Gasteiger partial charge in [-0.2, -0.15) is 0 Å². The number of nitrogens with zero attached hydrogens (tertiary/aromatic N) is 2. The van der Waals surface area contributed by atoms with E-state index < -0.39 is 0 Å². The van der Waals surface area contributed by atoms with E-state index in [1.165, 1.54) is 17.0 Å². The van der Waals surface area contributed by atoms with Crippen molar-refractivity contribution in [3.8, 4) is 0 Å². The molecule has 92 valence electrons. The zero-order valence-electron chi connectivity index (χ0n) is 9.07. The molecule has 17 heavy (non-hydrogen) atoms. The molecule has 4 nitrogen and oxygen atoms in total. The minimum absolute atomic E-state index is 0.0505. The number of halogens is 2. The lowest BCUT2D eigenvalue weighted by atomic mass is 10.2. The van der Waals surface area contributed by atoms with E-state index in [4.69, 9.17) is 28.3 Å². The molecule has 0 atom stereocenters. The van der Waals surface area contributed by atoms with Gasteiger partial charge in [-0.05, 0) is 12.1 Å². The van der Waals surface area contributed by atoms with E-state index in [1.54, 1.807) is 6.08 Å². The molecular formula is C11H12Cl2N2O2. The summed E-state index contributed by atoms with van der Waals surface area (Å²) in [4.78, 5) is 17.3. The van der Waals surface area contributed by atoms with E-state index in [1.807, 2.05) is 0 Å². The standard InChI is InChI=1S/C11H12Cl2N2O2/c1-2-5-15(6-7-16)11(17)8-3-4-9(12)14-10(8)13/h2-4,16H,1,5-7H2. The van der Waals surface area contributed by atoms with E-state index in [0.29, 0.717) is 6.54 Å². The van der Waals surface area contributed by atoms with Crippen molar-refractivity contribution in [3.63, 3.8) is 0 Å². The Bertz CT molecular complexity index is 424. The van der Waals surface area contributed by atoms with Gasteiger partial charge in [0.1, 0.15) is 10.3 Å². The van der Waals surface area contributed by atoms with Gasteiger partial charge in [0.25, 0.3) is 5.91 Å². The number of carbonyl (C=O) groups excluding carboxylic acids is 1. The first-order chi connectivity index (χ1) is 8.10. The highest BCUT2D eigenvalue weighted by molar-refractivity contribution is 6.34. The maximum absolute atomic E-state index is 12.1. The minimum Gasteiger partial charge on any atom is -0.395 e. The predicted octanol–water partition coefficient (Wildman–Crippen LogP) is 2.01. The fraction of sp³-hybridized carbons (Fsp3) is 0.273. The van der Waals surface area contributed by atoms with Crippen LogP contribution in [0.4, 0.5) is 0 Å². The van der Waals surface area contributed by atoms with Gasteiger partial charge in [-0.1, -0.05) is 29.3 Å². The summed E-state index contributed by atoms with van der Waals surface area (Å²) in [6.07, 6.45) is 1.57. The Morgan fingerprint density at radius 3 is 2.76 bits per heavy atom. The van der Waals surface area contributed by atoms with Crippen LogP contribution < -0.4 is 0 Å². The zero-order chi connectivity index (χ0) is 12.8. The molecule has 0 spiro atoms. The van der Waals surface area contributed by atoms with Crippen LogP contribution >= 0.6 is 23.2 Å². The van der Waals surface area contributed by atoms with Crippen LogP contribution in [0.2, 0.25) is 10.3 Å². The van der Waals surface area contributed by atoms with Crippen molar-refractivity contribution in [1.82, 2.24) is 9.88 Å². The number of carbonyl (C=O) groups is 1. The van der Waals surface area contributed by atoms with Gasteiger partial charge in [0.15, 0.2) is 0 Å². The average molecular weight is 275 g/mol. The fourth-order valence-corrected chi connectivity index (χ4v) is 1.72. The van der Waals surface area contributed by atoms with Gasteiger partial charge < -0.3 is 10.0 Å². The Hall–Kier alpha value is -1.10. The van der Waals surface area contributed by atoms with Crippen LogP contribution in [0.5, 0.6) is 0 Å². The second-order valence-corrected chi connectivity index (χ2v) is 3.98. The van der Waals surface area contributed by atoms with E-state index >= 15 is 0 Å². The van der Waals surface area contributed by atoms with Gasteiger partial charge in [0, 0.05) is 13.1 Å². The molecule has 0 aromatic carbocycles. The van der Waals surface area contributed by atoms with Crippen LogP contribution in [0.3, 0.4) is 0 Å². The number of aromatic nitrogens is 1. The van der Waals surface area contributed by atoms with Crippen molar-refractivity contribution in [3.05, 3.63) is 40.7 Å². The highest BCUT2D eigenvalue weighted by Gasteiger charge is 2.17. The molecule has 6 heteroatoms. The lowest BCUT2D eigenvalue weighted by molar-refractivity contribution is 0.0742. The Kier molecular flexibility index (Phi) is 5.41. The molecule has 0 fully saturated rings. The topological polar surface area (TPSA) is 53.4 Å². The van der Waals surface area contributed by atoms with Gasteiger partial charge in [0.05, 0.1) is 12.2 Å². The van der Waals surface area contributed by atoms with E-state index in [-0.39, 0.29) is 34.9 Å². The summed E-state index contributed by atoms with van der Waals surface area (Å²) < 4.78 is 0. The summed E-state index contributed by atoms with van der Waals surface area (Å²) in [5, 5.41) is 9.15. The van der Waals surface area contributed by atoms with E-state index in [2.05, 4.69) is 11.6 Å². The minimum atomic E-state index is -0.312. The molecule has 0 radical (unpaired) electrons. The Labute approximate surface area is 109 Å². The summed E-state index contributed by atoms with van der Waals surface area (Å²) in [7, 11) is 0. The van der Waals surface area contributed by atoms with Gasteiger partial charge in [0.2, 0.25) is 0 Å². The first-order valence-electron chi connectivity index (χ1n) is 4.93. The highest BCUT2D eigenvalue weighted by Crippen LogP contribution is 2.18. The van der Waals surface area contributed by atoms with Crippen molar-refractivity contribution >= 4 is 29.1 Å². The summed E-state index contributed by atoms with van der Waals surface area (Å²) in [6.45, 7) is 3.97. The third-order valence-corrected chi connectivity index (χ3v) is 2.55. The van der Waals surface area contributed by atoms with Gasteiger partial charge in [-0.25, -0.2) is 4.98 Å². The SMILES string of the molecule is C=CCN(CCO)C(=O)c1ccc(Cl)nc1Cl. The molecule has 0 unspecified atom stereocenters. The maximum atomic E-state index is 12.1. The van der Waals surface area contributed by atoms with Crippen molar-refractivity contribution in [2.24, 2.45) is 0 Å². The highest BCUT2D eigenvalue weighted by atomic mass is 35.5. The zero-order valence-corrected chi connectivity index (χ0v) is 10.6. The first kappa shape index (κ1) is 14.0. The first-order valence-corrected chi connectivity index (χ1v) is 5.68. The number of rotatable bonds is 5. The summed E-state index contributed by atoms with van der Waals surface area (Å²) in [5.74, 6) is -0.312. The molecule has 1 amide bonds. The third-order valence-electron chi connectivity index (χ3n) is 2.05. The molecule has 0 saturated heterocycles. The van der Waals surface area contributed by atoms with Gasteiger partial charge in [-0.3, -0.25) is 4.79 Å². The normalized spacial score (nSPS) is 10.1. The average Bonchev–Trinajstić information content (AvgIpc) is 2.28. The molecule has 0 aliphatic heterocycles. The van der Waals surface area contributed by atoms with Crippen LogP contribution in [-0.4, -0.2) is 40.6 Å². The number of hydrogen-bond donors (Lipinski definition) is 1. The van der Waals surface area contributed by atoms with Crippen LogP contribution in [0, 0.1) is 0 Å². The van der Waals surface area contributed by atoms with Crippen LogP contribution in [0.25, 0.3) is 0 Å². The van der Waals surface area contributed by atoms with Crippen molar-refractivity contribution in [2.45, 2.75) is 0 Å². The monoisotopic (exact) mass is 274 g/mol. The molecule has 1 heterocycles. The second-order valence-electron chi connectivity index (χ2n) is 3.24. The molecular weight excluding hydrogens is 263 g/mol.